The van der Waals surface area contributed by atoms with Crippen molar-refractivity contribution in [3.05, 3.63) is 150 Å². The number of fused-ring (bicyclic) bond motifs is 1. The lowest BCUT2D eigenvalue weighted by molar-refractivity contribution is 0.465. The minimum absolute atomic E-state index is 0.0127. The first-order valence-electron chi connectivity index (χ1n) is 12.7. The van der Waals surface area contributed by atoms with E-state index in [1.54, 1.807) is 24.3 Å². The molecule has 1 unspecified atom stereocenters. The van der Waals surface area contributed by atoms with Crippen molar-refractivity contribution in [2.45, 2.75) is 17.9 Å². The lowest BCUT2D eigenvalue weighted by Gasteiger charge is -2.36. The summed E-state index contributed by atoms with van der Waals surface area (Å²) in [5.41, 5.74) is 3.54. The molecular weight excluding hydrogens is 504 g/mol. The molecule has 1 heterocycles. The van der Waals surface area contributed by atoms with Crippen LogP contribution < -0.4 is 4.90 Å². The van der Waals surface area contributed by atoms with Crippen LogP contribution in [0.25, 0.3) is 16.5 Å². The maximum atomic E-state index is 13.5. The summed E-state index contributed by atoms with van der Waals surface area (Å²) in [6, 6.07) is 40.0. The van der Waals surface area contributed by atoms with Crippen LogP contribution in [-0.4, -0.2) is 14.4 Å². The molecular formula is C33H26N2O3S. The number of rotatable bonds is 5. The summed E-state index contributed by atoms with van der Waals surface area (Å²) in [6.07, 6.45) is 2.02. The number of ether oxygens (including phenoxy) is 1. The Balaban J connectivity index is 1.57. The van der Waals surface area contributed by atoms with Gasteiger partial charge in [-0.3, -0.25) is 4.90 Å². The average molecular weight is 531 g/mol. The predicted molar refractivity (Wildman–Crippen MR) is 157 cm³/mol. The summed E-state index contributed by atoms with van der Waals surface area (Å²) in [5.74, 6) is 0.541. The number of hydrogen-bond donors (Lipinski definition) is 0. The molecule has 6 rings (SSSR count). The summed E-state index contributed by atoms with van der Waals surface area (Å²) < 4.78 is 37.7. The first kappa shape index (κ1) is 24.6. The number of para-hydroxylation sites is 1. The number of sulfonamides is 1. The molecule has 0 aromatic heterocycles. The van der Waals surface area contributed by atoms with Crippen molar-refractivity contribution in [2.24, 2.45) is 4.40 Å². The van der Waals surface area contributed by atoms with Gasteiger partial charge in [-0.25, -0.2) is 0 Å². The highest BCUT2D eigenvalue weighted by Crippen LogP contribution is 2.38. The average Bonchev–Trinajstić information content (AvgIpc) is 2.97. The molecule has 0 radical (unpaired) electrons. The van der Waals surface area contributed by atoms with E-state index in [2.05, 4.69) is 34.7 Å². The smallest absolute Gasteiger partial charge is 0.314 e. The highest BCUT2D eigenvalue weighted by Gasteiger charge is 2.33. The second-order valence-corrected chi connectivity index (χ2v) is 11.0. The van der Waals surface area contributed by atoms with Gasteiger partial charge in [0.1, 0.15) is 5.76 Å². The lowest BCUT2D eigenvalue weighted by Crippen LogP contribution is -2.39. The number of nitrogens with zero attached hydrogens (tertiary/aromatic N) is 2. The number of amidine groups is 1. The van der Waals surface area contributed by atoms with Crippen molar-refractivity contribution in [3.8, 4) is 0 Å². The highest BCUT2D eigenvalue weighted by atomic mass is 32.2. The minimum atomic E-state index is -4.07. The molecule has 0 aliphatic carbocycles. The molecule has 0 saturated carbocycles. The molecule has 39 heavy (non-hydrogen) atoms. The summed E-state index contributed by atoms with van der Waals surface area (Å²) >= 11 is 0. The Morgan fingerprint density at radius 3 is 2.08 bits per heavy atom. The van der Waals surface area contributed by atoms with Gasteiger partial charge in [0.15, 0.2) is 0 Å². The van der Waals surface area contributed by atoms with Crippen molar-refractivity contribution < 1.29 is 13.2 Å². The quantitative estimate of drug-likeness (QED) is 0.236. The molecule has 192 valence electrons. The van der Waals surface area contributed by atoms with Crippen LogP contribution in [0.5, 0.6) is 0 Å². The number of hydrogen-bond acceptors (Lipinski definition) is 3. The fourth-order valence-corrected chi connectivity index (χ4v) is 5.62. The second kappa shape index (κ2) is 10.2. The van der Waals surface area contributed by atoms with Crippen molar-refractivity contribution in [1.82, 2.24) is 0 Å². The summed E-state index contributed by atoms with van der Waals surface area (Å²) in [4.78, 5) is 1.94. The van der Waals surface area contributed by atoms with Gasteiger partial charge in [-0.1, -0.05) is 103 Å². The zero-order valence-corrected chi connectivity index (χ0v) is 22.1. The third-order valence-electron chi connectivity index (χ3n) is 6.72. The van der Waals surface area contributed by atoms with Crippen molar-refractivity contribution in [2.75, 3.05) is 4.90 Å². The van der Waals surface area contributed by atoms with Crippen LogP contribution in [0.15, 0.2) is 143 Å². The molecule has 1 atom stereocenters. The van der Waals surface area contributed by atoms with Gasteiger partial charge >= 0.3 is 6.02 Å². The van der Waals surface area contributed by atoms with E-state index in [-0.39, 0.29) is 17.0 Å². The van der Waals surface area contributed by atoms with Gasteiger partial charge in [-0.2, -0.15) is 8.42 Å². The molecule has 0 N–H and O–H groups in total. The zero-order chi connectivity index (χ0) is 26.8. The van der Waals surface area contributed by atoms with Gasteiger partial charge in [0.25, 0.3) is 10.0 Å². The van der Waals surface area contributed by atoms with E-state index < -0.39 is 10.0 Å². The van der Waals surface area contributed by atoms with Crippen LogP contribution in [-0.2, 0) is 14.8 Å². The first-order chi connectivity index (χ1) is 19.0. The molecule has 1 aliphatic heterocycles. The molecule has 0 amide bonds. The summed E-state index contributed by atoms with van der Waals surface area (Å²) in [6.45, 7) is 1.91. The van der Waals surface area contributed by atoms with E-state index >= 15 is 0 Å². The first-order valence-corrected chi connectivity index (χ1v) is 14.1. The van der Waals surface area contributed by atoms with Gasteiger partial charge in [0.05, 0.1) is 10.9 Å². The van der Waals surface area contributed by atoms with Crippen molar-refractivity contribution in [3.63, 3.8) is 0 Å². The number of aryl methyl sites for hydroxylation is 1. The molecule has 0 fully saturated rings. The maximum Gasteiger partial charge on any atom is 0.314 e. The summed E-state index contributed by atoms with van der Waals surface area (Å²) in [7, 11) is -4.07. The Hall–Kier alpha value is -4.68. The van der Waals surface area contributed by atoms with Crippen LogP contribution >= 0.6 is 0 Å². The SMILES string of the molecule is Cc1ccc(S(=O)(=O)/N=C2/OC(c3ccccc3)=CC(c3ccc4ccccc4c3)N2c2ccccc2)cc1. The largest absolute Gasteiger partial charge is 0.425 e. The van der Waals surface area contributed by atoms with E-state index in [1.807, 2.05) is 90.7 Å². The third-order valence-corrected chi connectivity index (χ3v) is 7.98. The standard InChI is InChI=1S/C33H26N2O3S/c1-24-16-20-30(21-17-24)39(36,37)34-33-35(29-14-6-3-7-15-29)31(23-32(38-33)26-11-4-2-5-12-26)28-19-18-25-10-8-9-13-27(25)22-28/h2-23,31H,1H3/b34-33+. The van der Waals surface area contributed by atoms with E-state index in [0.29, 0.717) is 5.76 Å². The van der Waals surface area contributed by atoms with Crippen molar-refractivity contribution in [1.29, 1.82) is 0 Å². The molecule has 5 nitrogen and oxygen atoms in total. The molecule has 5 aromatic carbocycles. The third kappa shape index (κ3) is 5.07. The molecule has 0 bridgehead atoms. The topological polar surface area (TPSA) is 59.0 Å². The van der Waals surface area contributed by atoms with Gasteiger partial charge in [-0.05, 0) is 59.7 Å². The fraction of sp³-hybridized carbons (Fsp3) is 0.0606. The molecule has 6 heteroatoms. The Kier molecular flexibility index (Phi) is 6.47. The second-order valence-electron chi connectivity index (χ2n) is 9.42. The van der Waals surface area contributed by atoms with Crippen LogP contribution in [0.2, 0.25) is 0 Å². The van der Waals surface area contributed by atoms with Crippen LogP contribution in [0.3, 0.4) is 0 Å². The van der Waals surface area contributed by atoms with E-state index in [0.717, 1.165) is 33.2 Å². The van der Waals surface area contributed by atoms with Gasteiger partial charge in [0.2, 0.25) is 0 Å². The Morgan fingerprint density at radius 1 is 0.718 bits per heavy atom. The van der Waals surface area contributed by atoms with Gasteiger partial charge < -0.3 is 4.74 Å². The van der Waals surface area contributed by atoms with Crippen LogP contribution in [0.4, 0.5) is 5.69 Å². The van der Waals surface area contributed by atoms with E-state index in [1.165, 1.54) is 0 Å². The molecule has 0 spiro atoms. The van der Waals surface area contributed by atoms with Gasteiger partial charge in [0, 0.05) is 11.3 Å². The van der Waals surface area contributed by atoms with Crippen LogP contribution in [0.1, 0.15) is 22.7 Å². The fourth-order valence-electron chi connectivity index (χ4n) is 4.70. The summed E-state index contributed by atoms with van der Waals surface area (Å²) in [5, 5.41) is 2.22. The monoisotopic (exact) mass is 530 g/mol. The normalized spacial score (nSPS) is 16.6. The van der Waals surface area contributed by atoms with E-state index in [4.69, 9.17) is 4.74 Å². The number of benzene rings is 5. The predicted octanol–water partition coefficient (Wildman–Crippen LogP) is 7.51. The molecule has 1 aliphatic rings. The Morgan fingerprint density at radius 2 is 1.36 bits per heavy atom. The molecule has 0 saturated heterocycles. The number of anilines is 1. The Labute approximate surface area is 228 Å². The van der Waals surface area contributed by atoms with E-state index in [9.17, 15) is 8.42 Å². The van der Waals surface area contributed by atoms with Crippen molar-refractivity contribution >= 4 is 38.3 Å². The highest BCUT2D eigenvalue weighted by molar-refractivity contribution is 7.90. The Bertz CT molecular complexity index is 1800. The zero-order valence-electron chi connectivity index (χ0n) is 21.3. The maximum absolute atomic E-state index is 13.5. The lowest BCUT2D eigenvalue weighted by atomic mass is 9.98. The minimum Gasteiger partial charge on any atom is -0.425 e. The molecule has 5 aromatic rings. The van der Waals surface area contributed by atoms with Crippen LogP contribution in [0, 0.1) is 6.92 Å². The van der Waals surface area contributed by atoms with Gasteiger partial charge in [-0.15, -0.1) is 4.40 Å².